The third-order valence-corrected chi connectivity index (χ3v) is 4.36. The average Bonchev–Trinajstić information content (AvgIpc) is 2.75. The molecular weight excluding hydrogens is 379 g/mol. The summed E-state index contributed by atoms with van der Waals surface area (Å²) < 4.78 is 1.91. The number of H-pyrrole nitrogens is 1. The number of imidazole rings is 1. The standard InChI is InChI=1S/C13H7Br2ClN2/c14-8-2-4-11-12(6-8)18-13(17-11)7-1-3-9(15)10(16)5-7/h1-6H,(H,17,18). The van der Waals surface area contributed by atoms with Gasteiger partial charge in [-0.25, -0.2) is 4.98 Å². The summed E-state index contributed by atoms with van der Waals surface area (Å²) in [4.78, 5) is 7.83. The van der Waals surface area contributed by atoms with Crippen LogP contribution in [0, 0.1) is 0 Å². The number of nitrogens with one attached hydrogen (secondary N) is 1. The number of benzene rings is 2. The van der Waals surface area contributed by atoms with Gasteiger partial charge in [0.05, 0.1) is 16.1 Å². The maximum absolute atomic E-state index is 6.09. The zero-order chi connectivity index (χ0) is 12.7. The molecular formula is C13H7Br2ClN2. The van der Waals surface area contributed by atoms with E-state index < -0.39 is 0 Å². The number of hydrogen-bond donors (Lipinski definition) is 1. The fraction of sp³-hybridized carbons (Fsp3) is 0. The Morgan fingerprint density at radius 3 is 2.67 bits per heavy atom. The van der Waals surface area contributed by atoms with Gasteiger partial charge in [-0.3, -0.25) is 0 Å². The highest BCUT2D eigenvalue weighted by atomic mass is 79.9. The summed E-state index contributed by atoms with van der Waals surface area (Å²) in [5.41, 5.74) is 2.90. The van der Waals surface area contributed by atoms with Crippen LogP contribution in [0.15, 0.2) is 45.3 Å². The van der Waals surface area contributed by atoms with Crippen molar-refractivity contribution in [1.29, 1.82) is 0 Å². The van der Waals surface area contributed by atoms with Gasteiger partial charge in [0.1, 0.15) is 5.82 Å². The Bertz CT molecular complexity index is 737. The molecule has 3 rings (SSSR count). The van der Waals surface area contributed by atoms with Gasteiger partial charge in [0.25, 0.3) is 0 Å². The van der Waals surface area contributed by atoms with E-state index in [2.05, 4.69) is 41.8 Å². The Morgan fingerprint density at radius 1 is 1.06 bits per heavy atom. The van der Waals surface area contributed by atoms with Crippen molar-refractivity contribution in [2.24, 2.45) is 0 Å². The number of fused-ring (bicyclic) bond motifs is 1. The first-order valence-corrected chi connectivity index (χ1v) is 7.20. The summed E-state index contributed by atoms with van der Waals surface area (Å²) in [5.74, 6) is 0.817. The number of halogens is 3. The second-order valence-corrected chi connectivity index (χ2v) is 6.05. The van der Waals surface area contributed by atoms with Crippen molar-refractivity contribution in [2.45, 2.75) is 0 Å². The molecule has 0 saturated carbocycles. The molecule has 2 nitrogen and oxygen atoms in total. The van der Waals surface area contributed by atoms with Crippen LogP contribution in [0.25, 0.3) is 22.4 Å². The van der Waals surface area contributed by atoms with Gasteiger partial charge in [-0.2, -0.15) is 0 Å². The van der Waals surface area contributed by atoms with Crippen molar-refractivity contribution < 1.29 is 0 Å². The minimum Gasteiger partial charge on any atom is -0.338 e. The zero-order valence-corrected chi connectivity index (χ0v) is 13.0. The van der Waals surface area contributed by atoms with Crippen molar-refractivity contribution in [1.82, 2.24) is 9.97 Å². The molecule has 0 unspecified atom stereocenters. The second-order valence-electron chi connectivity index (χ2n) is 3.88. The molecule has 5 heteroatoms. The molecule has 0 fully saturated rings. The number of aromatic nitrogens is 2. The lowest BCUT2D eigenvalue weighted by Gasteiger charge is -1.99. The van der Waals surface area contributed by atoms with Crippen LogP contribution in [-0.4, -0.2) is 9.97 Å². The van der Waals surface area contributed by atoms with Gasteiger partial charge < -0.3 is 4.98 Å². The Balaban J connectivity index is 2.16. The van der Waals surface area contributed by atoms with E-state index in [1.54, 1.807) is 0 Å². The number of nitrogens with zero attached hydrogens (tertiary/aromatic N) is 1. The van der Waals surface area contributed by atoms with Crippen molar-refractivity contribution >= 4 is 54.5 Å². The van der Waals surface area contributed by atoms with Crippen LogP contribution in [0.1, 0.15) is 0 Å². The molecule has 18 heavy (non-hydrogen) atoms. The quantitative estimate of drug-likeness (QED) is 0.595. The van der Waals surface area contributed by atoms with E-state index in [0.29, 0.717) is 5.02 Å². The zero-order valence-electron chi connectivity index (χ0n) is 9.05. The molecule has 0 spiro atoms. The molecule has 1 aromatic heterocycles. The van der Waals surface area contributed by atoms with E-state index in [4.69, 9.17) is 11.6 Å². The third kappa shape index (κ3) is 2.20. The fourth-order valence-corrected chi connectivity index (χ4v) is 2.55. The summed E-state index contributed by atoms with van der Waals surface area (Å²) >= 11 is 12.9. The molecule has 0 bridgehead atoms. The van der Waals surface area contributed by atoms with Crippen LogP contribution in [-0.2, 0) is 0 Å². The highest BCUT2D eigenvalue weighted by Gasteiger charge is 2.07. The number of rotatable bonds is 1. The number of aromatic amines is 1. The first kappa shape index (κ1) is 12.2. The first-order chi connectivity index (χ1) is 8.63. The van der Waals surface area contributed by atoms with Gasteiger partial charge >= 0.3 is 0 Å². The monoisotopic (exact) mass is 384 g/mol. The Labute approximate surface area is 126 Å². The fourth-order valence-electron chi connectivity index (χ4n) is 1.76. The molecule has 1 heterocycles. The largest absolute Gasteiger partial charge is 0.338 e. The summed E-state index contributed by atoms with van der Waals surface area (Å²) in [6.07, 6.45) is 0. The van der Waals surface area contributed by atoms with Crippen LogP contribution in [0.4, 0.5) is 0 Å². The minimum absolute atomic E-state index is 0.675. The predicted molar refractivity (Wildman–Crippen MR) is 81.9 cm³/mol. The lowest BCUT2D eigenvalue weighted by Crippen LogP contribution is -1.80. The topological polar surface area (TPSA) is 28.7 Å². The highest BCUT2D eigenvalue weighted by molar-refractivity contribution is 9.10. The lowest BCUT2D eigenvalue weighted by atomic mass is 10.2. The Morgan fingerprint density at radius 2 is 1.89 bits per heavy atom. The van der Waals surface area contributed by atoms with Crippen molar-refractivity contribution in [3.8, 4) is 11.4 Å². The summed E-state index contributed by atoms with van der Waals surface area (Å²) in [6, 6.07) is 11.7. The van der Waals surface area contributed by atoms with Crippen LogP contribution >= 0.6 is 43.5 Å². The average molecular weight is 386 g/mol. The van der Waals surface area contributed by atoms with Crippen molar-refractivity contribution in [2.75, 3.05) is 0 Å². The first-order valence-electron chi connectivity index (χ1n) is 5.24. The molecule has 3 aromatic rings. The third-order valence-electron chi connectivity index (χ3n) is 2.64. The van der Waals surface area contributed by atoms with E-state index in [-0.39, 0.29) is 0 Å². The van der Waals surface area contributed by atoms with Crippen LogP contribution in [0.5, 0.6) is 0 Å². The van der Waals surface area contributed by atoms with E-state index >= 15 is 0 Å². The molecule has 0 saturated heterocycles. The summed E-state index contributed by atoms with van der Waals surface area (Å²) in [6.45, 7) is 0. The molecule has 0 aliphatic rings. The second kappa shape index (κ2) is 4.68. The molecule has 0 aliphatic heterocycles. The molecule has 0 aliphatic carbocycles. The van der Waals surface area contributed by atoms with Crippen LogP contribution in [0.2, 0.25) is 5.02 Å². The SMILES string of the molecule is Clc1cc(-c2nc3ccc(Br)cc3[nH]2)ccc1Br. The summed E-state index contributed by atoms with van der Waals surface area (Å²) in [5, 5.41) is 0.675. The van der Waals surface area contributed by atoms with E-state index in [9.17, 15) is 0 Å². The van der Waals surface area contributed by atoms with Crippen molar-refractivity contribution in [3.63, 3.8) is 0 Å². The molecule has 1 N–H and O–H groups in total. The van der Waals surface area contributed by atoms with E-state index in [1.807, 2.05) is 36.4 Å². The maximum atomic E-state index is 6.09. The molecule has 2 aromatic carbocycles. The summed E-state index contributed by atoms with van der Waals surface area (Å²) in [7, 11) is 0. The van der Waals surface area contributed by atoms with Gasteiger partial charge in [-0.05, 0) is 46.3 Å². The lowest BCUT2D eigenvalue weighted by molar-refractivity contribution is 1.33. The Kier molecular flexibility index (Phi) is 3.18. The molecule has 0 amide bonds. The van der Waals surface area contributed by atoms with Gasteiger partial charge in [0, 0.05) is 14.5 Å². The van der Waals surface area contributed by atoms with Gasteiger partial charge in [-0.15, -0.1) is 0 Å². The molecule has 0 atom stereocenters. The molecule has 0 radical (unpaired) electrons. The maximum Gasteiger partial charge on any atom is 0.138 e. The van der Waals surface area contributed by atoms with Crippen LogP contribution < -0.4 is 0 Å². The van der Waals surface area contributed by atoms with Crippen molar-refractivity contribution in [3.05, 3.63) is 50.4 Å². The minimum atomic E-state index is 0.675. The Hall–Kier alpha value is -0.840. The van der Waals surface area contributed by atoms with E-state index in [1.165, 1.54) is 0 Å². The predicted octanol–water partition coefficient (Wildman–Crippen LogP) is 5.41. The normalized spacial score (nSPS) is 11.1. The van der Waals surface area contributed by atoms with Crippen LogP contribution in [0.3, 0.4) is 0 Å². The van der Waals surface area contributed by atoms with E-state index in [0.717, 1.165) is 31.4 Å². The smallest absolute Gasteiger partial charge is 0.138 e. The molecule has 90 valence electrons. The number of hydrogen-bond acceptors (Lipinski definition) is 1. The van der Waals surface area contributed by atoms with Gasteiger partial charge in [-0.1, -0.05) is 33.6 Å². The van der Waals surface area contributed by atoms with Gasteiger partial charge in [0.2, 0.25) is 0 Å². The van der Waals surface area contributed by atoms with Gasteiger partial charge in [0.15, 0.2) is 0 Å². The highest BCUT2D eigenvalue weighted by Crippen LogP contribution is 2.29.